The van der Waals surface area contributed by atoms with E-state index in [2.05, 4.69) is 18.4 Å². The van der Waals surface area contributed by atoms with Crippen LogP contribution in [0.25, 0.3) is 0 Å². The Morgan fingerprint density at radius 3 is 2.73 bits per heavy atom. The van der Waals surface area contributed by atoms with Gasteiger partial charge in [-0.2, -0.15) is 0 Å². The smallest absolute Gasteiger partial charge is 0.0591 e. The van der Waals surface area contributed by atoms with Crippen LogP contribution >= 0.6 is 11.8 Å². The number of thioether (sulfide) groups is 1. The summed E-state index contributed by atoms with van der Waals surface area (Å²) in [6.45, 7) is 4.16. The lowest BCUT2D eigenvalue weighted by molar-refractivity contribution is 0.131. The molecule has 1 atom stereocenters. The SMILES string of the molecule is CCCCCCCCOCC1CC=CS1. The average Bonchev–Trinajstić information content (AvgIpc) is 2.75. The van der Waals surface area contributed by atoms with Crippen LogP contribution in [0, 0.1) is 0 Å². The molecule has 15 heavy (non-hydrogen) atoms. The molecular formula is C13H24OS. The van der Waals surface area contributed by atoms with Crippen LogP contribution in [0.2, 0.25) is 0 Å². The molecule has 1 nitrogen and oxygen atoms in total. The third kappa shape index (κ3) is 7.02. The molecule has 0 fully saturated rings. The largest absolute Gasteiger partial charge is 0.380 e. The Kier molecular flexibility index (Phi) is 8.12. The van der Waals surface area contributed by atoms with Crippen LogP contribution in [0.1, 0.15) is 51.9 Å². The Morgan fingerprint density at radius 1 is 1.20 bits per heavy atom. The maximum absolute atomic E-state index is 5.66. The zero-order valence-corrected chi connectivity index (χ0v) is 10.7. The van der Waals surface area contributed by atoms with E-state index in [0.717, 1.165) is 13.2 Å². The highest BCUT2D eigenvalue weighted by atomic mass is 32.2. The second kappa shape index (κ2) is 9.29. The highest BCUT2D eigenvalue weighted by molar-refractivity contribution is 8.03. The number of allylic oxidation sites excluding steroid dienone is 1. The molecule has 0 saturated carbocycles. The van der Waals surface area contributed by atoms with E-state index < -0.39 is 0 Å². The third-order valence-electron chi connectivity index (χ3n) is 2.71. The van der Waals surface area contributed by atoms with E-state index in [9.17, 15) is 0 Å². The third-order valence-corrected chi connectivity index (χ3v) is 3.78. The second-order valence-electron chi connectivity index (χ2n) is 4.21. The summed E-state index contributed by atoms with van der Waals surface area (Å²) in [5.74, 6) is 0. The first-order valence-electron chi connectivity index (χ1n) is 6.31. The predicted octanol–water partition coefficient (Wildman–Crippen LogP) is 4.38. The van der Waals surface area contributed by atoms with Gasteiger partial charge in [-0.1, -0.05) is 45.1 Å². The average molecular weight is 228 g/mol. The molecule has 0 bridgehead atoms. The van der Waals surface area contributed by atoms with Crippen LogP contribution in [-0.4, -0.2) is 18.5 Å². The van der Waals surface area contributed by atoms with Gasteiger partial charge in [-0.3, -0.25) is 0 Å². The molecule has 0 aromatic carbocycles. The molecule has 2 heteroatoms. The molecule has 1 aliphatic rings. The van der Waals surface area contributed by atoms with E-state index in [1.54, 1.807) is 0 Å². The molecule has 88 valence electrons. The predicted molar refractivity (Wildman–Crippen MR) is 69.3 cm³/mol. The Labute approximate surface area is 98.7 Å². The van der Waals surface area contributed by atoms with Crippen molar-refractivity contribution in [3.05, 3.63) is 11.5 Å². The van der Waals surface area contributed by atoms with Crippen molar-refractivity contribution in [1.29, 1.82) is 0 Å². The van der Waals surface area contributed by atoms with E-state index in [-0.39, 0.29) is 0 Å². The molecule has 1 unspecified atom stereocenters. The summed E-state index contributed by atoms with van der Waals surface area (Å²) in [7, 11) is 0. The topological polar surface area (TPSA) is 9.23 Å². The summed E-state index contributed by atoms with van der Waals surface area (Å²) < 4.78 is 5.66. The zero-order chi connectivity index (χ0) is 10.8. The Hall–Kier alpha value is 0.0500. The Morgan fingerprint density at radius 2 is 2.00 bits per heavy atom. The fraction of sp³-hybridized carbons (Fsp3) is 0.846. The van der Waals surface area contributed by atoms with Gasteiger partial charge < -0.3 is 4.74 Å². The maximum atomic E-state index is 5.66. The van der Waals surface area contributed by atoms with Crippen molar-refractivity contribution in [2.24, 2.45) is 0 Å². The van der Waals surface area contributed by atoms with Gasteiger partial charge in [0.2, 0.25) is 0 Å². The standard InChI is InChI=1S/C13H24OS/c1-2-3-4-5-6-7-10-14-12-13-9-8-11-15-13/h8,11,13H,2-7,9-10,12H2,1H3. The highest BCUT2D eigenvalue weighted by Gasteiger charge is 2.10. The van der Waals surface area contributed by atoms with E-state index in [0.29, 0.717) is 5.25 Å². The van der Waals surface area contributed by atoms with E-state index in [4.69, 9.17) is 4.74 Å². The van der Waals surface area contributed by atoms with Crippen molar-refractivity contribution >= 4 is 11.8 Å². The van der Waals surface area contributed by atoms with Crippen LogP contribution < -0.4 is 0 Å². The van der Waals surface area contributed by atoms with Gasteiger partial charge in [-0.05, 0) is 18.2 Å². The fourth-order valence-corrected chi connectivity index (χ4v) is 2.58. The monoisotopic (exact) mass is 228 g/mol. The molecule has 0 aromatic rings. The van der Waals surface area contributed by atoms with Crippen LogP contribution in [0.5, 0.6) is 0 Å². The number of rotatable bonds is 9. The van der Waals surface area contributed by atoms with Gasteiger partial charge >= 0.3 is 0 Å². The summed E-state index contributed by atoms with van der Waals surface area (Å²) in [5, 5.41) is 2.89. The first-order valence-corrected chi connectivity index (χ1v) is 7.26. The van der Waals surface area contributed by atoms with Gasteiger partial charge in [0.25, 0.3) is 0 Å². The molecule has 0 N–H and O–H groups in total. The zero-order valence-electron chi connectivity index (χ0n) is 9.91. The molecule has 0 aliphatic carbocycles. The quantitative estimate of drug-likeness (QED) is 0.542. The van der Waals surface area contributed by atoms with Crippen molar-refractivity contribution in [2.75, 3.05) is 13.2 Å². The van der Waals surface area contributed by atoms with Gasteiger partial charge in [-0.15, -0.1) is 11.8 Å². The fourth-order valence-electron chi connectivity index (χ4n) is 1.74. The summed E-state index contributed by atoms with van der Waals surface area (Å²) in [4.78, 5) is 0. The molecule has 0 amide bonds. The van der Waals surface area contributed by atoms with E-state index in [1.165, 1.54) is 44.9 Å². The summed E-state index contributed by atoms with van der Waals surface area (Å²) in [5.41, 5.74) is 0. The van der Waals surface area contributed by atoms with Gasteiger partial charge in [0.15, 0.2) is 0 Å². The van der Waals surface area contributed by atoms with Gasteiger partial charge in [0, 0.05) is 11.9 Å². The normalized spacial score (nSPS) is 19.9. The first kappa shape index (κ1) is 13.1. The number of unbranched alkanes of at least 4 members (excludes halogenated alkanes) is 5. The molecule has 1 aliphatic heterocycles. The lowest BCUT2D eigenvalue weighted by atomic mass is 10.1. The van der Waals surface area contributed by atoms with Crippen LogP contribution in [0.3, 0.4) is 0 Å². The molecule has 1 heterocycles. The van der Waals surface area contributed by atoms with Gasteiger partial charge in [0.05, 0.1) is 6.61 Å². The minimum absolute atomic E-state index is 0.699. The maximum Gasteiger partial charge on any atom is 0.0591 e. The summed E-state index contributed by atoms with van der Waals surface area (Å²) in [6.07, 6.45) is 11.5. The van der Waals surface area contributed by atoms with Crippen molar-refractivity contribution in [3.63, 3.8) is 0 Å². The van der Waals surface area contributed by atoms with Crippen LogP contribution in [0.15, 0.2) is 11.5 Å². The number of hydrogen-bond donors (Lipinski definition) is 0. The number of hydrogen-bond acceptors (Lipinski definition) is 2. The van der Waals surface area contributed by atoms with Crippen molar-refractivity contribution in [1.82, 2.24) is 0 Å². The van der Waals surface area contributed by atoms with E-state index >= 15 is 0 Å². The minimum atomic E-state index is 0.699. The first-order chi connectivity index (χ1) is 7.43. The summed E-state index contributed by atoms with van der Waals surface area (Å²) >= 11 is 1.91. The van der Waals surface area contributed by atoms with Gasteiger partial charge in [0.1, 0.15) is 0 Å². The van der Waals surface area contributed by atoms with E-state index in [1.807, 2.05) is 11.8 Å². The van der Waals surface area contributed by atoms with Crippen molar-refractivity contribution in [2.45, 2.75) is 57.1 Å². The summed E-state index contributed by atoms with van der Waals surface area (Å²) in [6, 6.07) is 0. The molecule has 0 saturated heterocycles. The molecule has 1 rings (SSSR count). The second-order valence-corrected chi connectivity index (χ2v) is 5.42. The molecule has 0 spiro atoms. The highest BCUT2D eigenvalue weighted by Crippen LogP contribution is 2.23. The van der Waals surface area contributed by atoms with Crippen molar-refractivity contribution < 1.29 is 4.74 Å². The Balaban J connectivity index is 1.73. The Bertz CT molecular complexity index is 160. The molecule has 0 aromatic heterocycles. The lowest BCUT2D eigenvalue weighted by Crippen LogP contribution is -2.09. The van der Waals surface area contributed by atoms with Crippen molar-refractivity contribution in [3.8, 4) is 0 Å². The van der Waals surface area contributed by atoms with Crippen LogP contribution in [-0.2, 0) is 4.74 Å². The van der Waals surface area contributed by atoms with Gasteiger partial charge in [-0.25, -0.2) is 0 Å². The molecule has 0 radical (unpaired) electrons. The van der Waals surface area contributed by atoms with Crippen LogP contribution in [0.4, 0.5) is 0 Å². The molecular weight excluding hydrogens is 204 g/mol. The lowest BCUT2D eigenvalue weighted by Gasteiger charge is -2.09. The number of ether oxygens (including phenoxy) is 1. The minimum Gasteiger partial charge on any atom is -0.380 e.